The van der Waals surface area contributed by atoms with E-state index in [4.69, 9.17) is 21.1 Å². The molecule has 4 aliphatic rings. The van der Waals surface area contributed by atoms with Gasteiger partial charge in [0.15, 0.2) is 0 Å². The molecule has 0 bridgehead atoms. The zero-order valence-electron chi connectivity index (χ0n) is 67.0. The molecule has 5 N–H and O–H groups in total. The molecule has 8 heterocycles. The van der Waals surface area contributed by atoms with Gasteiger partial charge in [0.25, 0.3) is 0 Å². The summed E-state index contributed by atoms with van der Waals surface area (Å²) in [6, 6.07) is 40.2. The lowest BCUT2D eigenvalue weighted by molar-refractivity contribution is -0.276. The quantitative estimate of drug-likeness (QED) is 0.0501. The summed E-state index contributed by atoms with van der Waals surface area (Å²) >= 11 is 6.27. The number of benzene rings is 8. The van der Waals surface area contributed by atoms with Gasteiger partial charge >= 0.3 is 25.1 Å². The number of rotatable bonds is 18. The number of alkyl halides is 12. The minimum atomic E-state index is -5.13. The van der Waals surface area contributed by atoms with Gasteiger partial charge in [0, 0.05) is 133 Å². The minimum Gasteiger partial charge on any atom is -0.497 e. The second-order valence-corrected chi connectivity index (χ2v) is 38.5. The van der Waals surface area contributed by atoms with Gasteiger partial charge in [-0.25, -0.2) is 33.7 Å². The zero-order chi connectivity index (χ0) is 89.2. The number of halogens is 13. The third kappa shape index (κ3) is 20.8. The minimum absolute atomic E-state index is 0.0657. The van der Waals surface area contributed by atoms with Crippen molar-refractivity contribution in [2.45, 2.75) is 134 Å². The van der Waals surface area contributed by atoms with Crippen LogP contribution < -0.4 is 24.3 Å². The van der Waals surface area contributed by atoms with Crippen LogP contribution in [0.3, 0.4) is 0 Å². The van der Waals surface area contributed by atoms with Crippen molar-refractivity contribution >= 4 is 101 Å². The Balaban J connectivity index is 0.000000142. The fraction of sp³-hybridized carbons (Fsp3) is 0.326. The maximum Gasteiger partial charge on any atom is 0.573 e. The molecule has 16 rings (SSSR count). The van der Waals surface area contributed by atoms with Crippen molar-refractivity contribution in [1.29, 1.82) is 0 Å². The van der Waals surface area contributed by atoms with Crippen LogP contribution in [0, 0.1) is 6.92 Å². The predicted molar refractivity (Wildman–Crippen MR) is 447 cm³/mol. The number of nitrogens with one attached hydrogen (secondary N) is 5. The number of fused-ring (bicyclic) bond motifs is 4. The highest BCUT2D eigenvalue weighted by Crippen LogP contribution is 2.45. The molecule has 38 heteroatoms. The molecule has 0 radical (unpaired) electrons. The molecule has 21 nitrogen and oxygen atoms in total. The van der Waals surface area contributed by atoms with E-state index >= 15 is 0 Å². The number of allylic oxidation sites excluding steroid dienone is 1. The first-order valence-corrected chi connectivity index (χ1v) is 45.3. The van der Waals surface area contributed by atoms with Crippen LogP contribution in [0.25, 0.3) is 43.6 Å². The molecule has 4 saturated heterocycles. The lowest BCUT2D eigenvalue weighted by atomic mass is 9.90. The Hall–Kier alpha value is -10.3. The van der Waals surface area contributed by atoms with Crippen LogP contribution in [-0.4, -0.2) is 150 Å². The van der Waals surface area contributed by atoms with E-state index in [1.54, 1.807) is 35.8 Å². The number of anilines is 1. The normalized spacial score (nSPS) is 16.6. The summed E-state index contributed by atoms with van der Waals surface area (Å²) < 4.78 is 283. The van der Waals surface area contributed by atoms with Crippen LogP contribution in [0.4, 0.5) is 58.4 Å². The van der Waals surface area contributed by atoms with Gasteiger partial charge in [-0.15, -0.1) is 26.3 Å². The number of nitrogens with zero attached hydrogens (tertiary/aromatic N) is 4. The highest BCUT2D eigenvalue weighted by Gasteiger charge is 2.44. The number of aromatic amines is 4. The Labute approximate surface area is 712 Å². The summed E-state index contributed by atoms with van der Waals surface area (Å²) in [6.07, 6.45) is -7.65. The van der Waals surface area contributed by atoms with E-state index in [9.17, 15) is 86.4 Å². The van der Waals surface area contributed by atoms with E-state index in [0.717, 1.165) is 113 Å². The monoisotopic (exact) mass is 1830 g/mol. The SMILES string of the molecule is C=C(C)Nc1ccc(S(=O)(=O)N2CCC(c3c[nH]c4ccccc34)CC2)cc1Cl.COc1ccc2[nH]cc(C3CCN(S(=O)(=O)c4cc(C(F)(F)F)ccc4C(F)(F)F)CC3)c2c1.COc1ccc2[nH]cc(C3CCN(S(=O)(=O)c4cccc(OC(F)(F)F)c4)CC3)c2c1.Cc1ccc2[nH]cc(C3CCN(S(=O)(=O)c4ccccc4OC(F)(F)F)CC3)c2c1. The fourth-order valence-corrected chi connectivity index (χ4v) is 22.8. The van der Waals surface area contributed by atoms with E-state index in [1.807, 2.05) is 80.8 Å². The zero-order valence-corrected chi connectivity index (χ0v) is 71.0. The van der Waals surface area contributed by atoms with Crippen molar-refractivity contribution < 1.29 is 105 Å². The lowest BCUT2D eigenvalue weighted by Crippen LogP contribution is -2.38. The van der Waals surface area contributed by atoms with Gasteiger partial charge in [0.05, 0.1) is 50.7 Å². The first-order chi connectivity index (χ1) is 58.5. The van der Waals surface area contributed by atoms with Crippen molar-refractivity contribution in [3.8, 4) is 23.0 Å². The molecule has 0 spiro atoms. The lowest BCUT2D eigenvalue weighted by Gasteiger charge is -2.32. The molecule has 0 saturated carbocycles. The molecule has 662 valence electrons. The maximum atomic E-state index is 13.5. The van der Waals surface area contributed by atoms with E-state index in [0.29, 0.717) is 74.0 Å². The number of aryl methyl sites for hydroxylation is 1. The molecular weight excluding hydrogens is 1740 g/mol. The number of H-pyrrole nitrogens is 4. The smallest absolute Gasteiger partial charge is 0.497 e. The average molecular weight is 1830 g/mol. The molecule has 0 atom stereocenters. The number of sulfonamides is 4. The number of piperidine rings is 4. The predicted octanol–water partition coefficient (Wildman–Crippen LogP) is 20.7. The third-order valence-electron chi connectivity index (χ3n) is 22.4. The van der Waals surface area contributed by atoms with Crippen molar-refractivity contribution in [3.05, 3.63) is 245 Å². The number of methoxy groups -OCH3 is 2. The van der Waals surface area contributed by atoms with E-state index in [-0.39, 0.29) is 85.0 Å². The van der Waals surface area contributed by atoms with Crippen LogP contribution in [-0.2, 0) is 52.4 Å². The first kappa shape index (κ1) is 91.4. The molecule has 4 fully saturated rings. The van der Waals surface area contributed by atoms with Gasteiger partial charge in [-0.3, -0.25) is 0 Å². The van der Waals surface area contributed by atoms with E-state index < -0.39 is 97.6 Å². The molecule has 4 aromatic heterocycles. The molecule has 0 aliphatic carbocycles. The summed E-state index contributed by atoms with van der Waals surface area (Å²) in [6.45, 7) is 9.36. The number of para-hydroxylation sites is 2. The van der Waals surface area contributed by atoms with Crippen LogP contribution in [0.2, 0.25) is 5.02 Å². The van der Waals surface area contributed by atoms with Crippen LogP contribution in [0.15, 0.2) is 220 Å². The van der Waals surface area contributed by atoms with E-state index in [1.165, 1.54) is 57.0 Å². The van der Waals surface area contributed by atoms with Gasteiger partial charge in [0.2, 0.25) is 40.1 Å². The second kappa shape index (κ2) is 36.7. The molecule has 12 aromatic rings. The Kier molecular flexibility index (Phi) is 27.1. The Morgan fingerprint density at radius 2 is 0.823 bits per heavy atom. The van der Waals surface area contributed by atoms with E-state index in [2.05, 4.69) is 65.7 Å². The molecule has 8 aromatic carbocycles. The summed E-state index contributed by atoms with van der Waals surface area (Å²) in [7, 11) is -13.3. The third-order valence-corrected chi connectivity index (χ3v) is 30.4. The van der Waals surface area contributed by atoms with Gasteiger partial charge < -0.3 is 44.2 Å². The summed E-state index contributed by atoms with van der Waals surface area (Å²) in [5, 5.41) is 7.67. The summed E-state index contributed by atoms with van der Waals surface area (Å²) in [4.78, 5) is 11.1. The highest BCUT2D eigenvalue weighted by molar-refractivity contribution is 7.90. The van der Waals surface area contributed by atoms with Crippen molar-refractivity contribution in [3.63, 3.8) is 0 Å². The standard InChI is InChI=1S/C22H24ClN3O2S.C22H20F6N2O3S.C21H21F3N2O4S.C21H21F3N2O3S/c1-15(2)25-22-8-7-17(13-20(22)23)29(27,28)26-11-9-16(10-12-26)19-14-24-21-6-4-3-5-18(19)21;1-33-15-3-5-19-16(11-15)17(12-29-19)13-6-8-30(9-7-13)34(31,32)20-10-14(21(23,24)25)2-4-18(20)22(26,27)28;1-29-15-5-6-20-18(12-15)19(13-25-20)14-7-9-26(10-8-14)31(27,28)17-4-2-3-16(11-17)30-21(22,23)24;1-14-6-7-18-16(12-14)17(13-25-18)15-8-10-26(11-9-15)30(27,28)20-5-3-2-4-19(20)29-21(22,23)24/h3-8,13-14,16,24-25H,1,9-12H2,2H3;2-5,10-13,29H,6-9H2,1H3;2-6,11-14,25H,7-10H2,1H3;2-7,12-13,15,25H,8-11H2,1H3. The molecule has 4 aliphatic heterocycles. The Morgan fingerprint density at radius 3 is 1.27 bits per heavy atom. The Morgan fingerprint density at radius 1 is 0.411 bits per heavy atom. The molecule has 0 unspecified atom stereocenters. The topological polar surface area (TPSA) is 262 Å². The summed E-state index contributed by atoms with van der Waals surface area (Å²) in [5.74, 6) is 0.711. The first-order valence-electron chi connectivity index (χ1n) is 39.2. The van der Waals surface area contributed by atoms with Gasteiger partial charge in [-0.05, 0) is 226 Å². The summed E-state index contributed by atoms with van der Waals surface area (Å²) in [5.41, 5.74) is 7.88. The van der Waals surface area contributed by atoms with Crippen LogP contribution >= 0.6 is 11.6 Å². The second-order valence-electron chi connectivity index (χ2n) is 30.4. The molecular formula is C86H86ClF12N9O12S4. The van der Waals surface area contributed by atoms with Crippen LogP contribution in [0.5, 0.6) is 23.0 Å². The molecule has 0 amide bonds. The number of hydrogen-bond acceptors (Lipinski definition) is 13. The average Bonchev–Trinajstić information content (AvgIpc) is 0.829. The van der Waals surface area contributed by atoms with Gasteiger partial charge in [-0.1, -0.05) is 66.2 Å². The van der Waals surface area contributed by atoms with Crippen LogP contribution in [0.1, 0.15) is 121 Å². The largest absolute Gasteiger partial charge is 0.573 e. The van der Waals surface area contributed by atoms with Crippen molar-refractivity contribution in [2.75, 3.05) is 71.9 Å². The number of hydrogen-bond donors (Lipinski definition) is 5. The van der Waals surface area contributed by atoms with Crippen molar-refractivity contribution in [2.24, 2.45) is 0 Å². The van der Waals surface area contributed by atoms with Gasteiger partial charge in [0.1, 0.15) is 27.9 Å². The number of aromatic nitrogens is 4. The van der Waals surface area contributed by atoms with Gasteiger partial charge in [-0.2, -0.15) is 43.6 Å². The Bertz CT molecular complexity index is 6350. The van der Waals surface area contributed by atoms with Crippen molar-refractivity contribution in [1.82, 2.24) is 37.2 Å². The number of ether oxygens (including phenoxy) is 4. The fourth-order valence-electron chi connectivity index (χ4n) is 16.2. The highest BCUT2D eigenvalue weighted by atomic mass is 35.5. The maximum absolute atomic E-state index is 13.5. The molecule has 124 heavy (non-hydrogen) atoms.